The normalized spacial score (nSPS) is 10.1. The van der Waals surface area contributed by atoms with E-state index in [2.05, 4.69) is 5.16 Å². The molecule has 1 heterocycles. The molecule has 0 aliphatic rings. The standard InChI is InChI=1S/C11H8ClNO3/c1-7-6-10(13-16-7)11(14)15-9-4-2-8(12)3-5-9/h2-6H,1H3. The molecule has 0 amide bonds. The van der Waals surface area contributed by atoms with Gasteiger partial charge in [-0.05, 0) is 31.2 Å². The predicted molar refractivity (Wildman–Crippen MR) is 57.7 cm³/mol. The lowest BCUT2D eigenvalue weighted by molar-refractivity contribution is 0.0724. The maximum Gasteiger partial charge on any atom is 0.365 e. The highest BCUT2D eigenvalue weighted by Gasteiger charge is 2.13. The van der Waals surface area contributed by atoms with Gasteiger partial charge in [-0.2, -0.15) is 0 Å². The highest BCUT2D eigenvalue weighted by atomic mass is 35.5. The third-order valence-electron chi connectivity index (χ3n) is 1.86. The number of aromatic nitrogens is 1. The highest BCUT2D eigenvalue weighted by Crippen LogP contribution is 2.16. The van der Waals surface area contributed by atoms with Crippen LogP contribution in [0.5, 0.6) is 5.75 Å². The van der Waals surface area contributed by atoms with Crippen molar-refractivity contribution in [2.45, 2.75) is 6.92 Å². The molecule has 4 nitrogen and oxygen atoms in total. The number of aryl methyl sites for hydroxylation is 1. The van der Waals surface area contributed by atoms with Crippen LogP contribution in [0.1, 0.15) is 16.2 Å². The van der Waals surface area contributed by atoms with Crippen LogP contribution in [0.4, 0.5) is 0 Å². The molecule has 2 aromatic rings. The van der Waals surface area contributed by atoms with Crippen LogP contribution in [-0.4, -0.2) is 11.1 Å². The van der Waals surface area contributed by atoms with Crippen LogP contribution in [0.3, 0.4) is 0 Å². The first-order chi connectivity index (χ1) is 7.65. The number of hydrogen-bond donors (Lipinski definition) is 0. The van der Waals surface area contributed by atoms with Gasteiger partial charge in [0, 0.05) is 11.1 Å². The summed E-state index contributed by atoms with van der Waals surface area (Å²) in [6, 6.07) is 8.00. The van der Waals surface area contributed by atoms with E-state index in [1.54, 1.807) is 31.2 Å². The maximum atomic E-state index is 11.5. The van der Waals surface area contributed by atoms with Gasteiger partial charge >= 0.3 is 5.97 Å². The number of ether oxygens (including phenoxy) is 1. The van der Waals surface area contributed by atoms with E-state index in [0.717, 1.165) is 0 Å². The molecule has 16 heavy (non-hydrogen) atoms. The van der Waals surface area contributed by atoms with Gasteiger partial charge in [-0.15, -0.1) is 0 Å². The Morgan fingerprint density at radius 1 is 1.38 bits per heavy atom. The molecule has 0 radical (unpaired) electrons. The van der Waals surface area contributed by atoms with Crippen molar-refractivity contribution >= 4 is 17.6 Å². The molecule has 0 saturated heterocycles. The maximum absolute atomic E-state index is 11.5. The van der Waals surface area contributed by atoms with Crippen molar-refractivity contribution < 1.29 is 14.1 Å². The molecule has 0 bridgehead atoms. The molecule has 2 rings (SSSR count). The fourth-order valence-corrected chi connectivity index (χ4v) is 1.25. The molecular weight excluding hydrogens is 230 g/mol. The van der Waals surface area contributed by atoms with E-state index in [9.17, 15) is 4.79 Å². The Morgan fingerprint density at radius 2 is 2.06 bits per heavy atom. The molecule has 82 valence electrons. The fraction of sp³-hybridized carbons (Fsp3) is 0.0909. The van der Waals surface area contributed by atoms with Gasteiger partial charge in [0.25, 0.3) is 0 Å². The molecule has 0 spiro atoms. The van der Waals surface area contributed by atoms with Crippen molar-refractivity contribution in [1.82, 2.24) is 5.16 Å². The Hall–Kier alpha value is -1.81. The number of hydrogen-bond acceptors (Lipinski definition) is 4. The monoisotopic (exact) mass is 237 g/mol. The van der Waals surface area contributed by atoms with E-state index >= 15 is 0 Å². The number of carbonyl (C=O) groups is 1. The van der Waals surface area contributed by atoms with Crippen LogP contribution < -0.4 is 4.74 Å². The van der Waals surface area contributed by atoms with Crippen molar-refractivity contribution in [3.05, 3.63) is 46.8 Å². The molecule has 0 N–H and O–H groups in total. The van der Waals surface area contributed by atoms with Crippen molar-refractivity contribution in [1.29, 1.82) is 0 Å². The number of carbonyl (C=O) groups excluding carboxylic acids is 1. The van der Waals surface area contributed by atoms with Crippen molar-refractivity contribution in [2.75, 3.05) is 0 Å². The Morgan fingerprint density at radius 3 is 2.62 bits per heavy atom. The number of nitrogens with zero attached hydrogens (tertiary/aromatic N) is 1. The molecule has 0 unspecified atom stereocenters. The first kappa shape index (κ1) is 10.7. The smallest absolute Gasteiger partial charge is 0.365 e. The quantitative estimate of drug-likeness (QED) is 0.595. The first-order valence-corrected chi connectivity index (χ1v) is 4.94. The third kappa shape index (κ3) is 2.41. The number of rotatable bonds is 2. The molecule has 1 aromatic carbocycles. The SMILES string of the molecule is Cc1cc(C(=O)Oc2ccc(Cl)cc2)no1. The Bertz CT molecular complexity index is 504. The summed E-state index contributed by atoms with van der Waals surface area (Å²) in [6.45, 7) is 1.70. The summed E-state index contributed by atoms with van der Waals surface area (Å²) < 4.78 is 9.82. The van der Waals surface area contributed by atoms with Crippen molar-refractivity contribution in [3.8, 4) is 5.75 Å². The summed E-state index contributed by atoms with van der Waals surface area (Å²) in [4.78, 5) is 11.5. The minimum Gasteiger partial charge on any atom is -0.422 e. The number of halogens is 1. The minimum absolute atomic E-state index is 0.146. The Kier molecular flexibility index (Phi) is 2.92. The van der Waals surface area contributed by atoms with Gasteiger partial charge in [-0.25, -0.2) is 4.79 Å². The van der Waals surface area contributed by atoms with Gasteiger partial charge in [-0.1, -0.05) is 16.8 Å². The molecule has 0 fully saturated rings. The molecule has 5 heteroatoms. The average molecular weight is 238 g/mol. The van der Waals surface area contributed by atoms with E-state index in [4.69, 9.17) is 20.9 Å². The third-order valence-corrected chi connectivity index (χ3v) is 2.11. The minimum atomic E-state index is -0.556. The second kappa shape index (κ2) is 4.37. The highest BCUT2D eigenvalue weighted by molar-refractivity contribution is 6.30. The summed E-state index contributed by atoms with van der Waals surface area (Å²) >= 11 is 5.70. The van der Waals surface area contributed by atoms with Crippen LogP contribution in [0.15, 0.2) is 34.9 Å². The topological polar surface area (TPSA) is 52.3 Å². The lowest BCUT2D eigenvalue weighted by Gasteiger charge is -2.00. The van der Waals surface area contributed by atoms with E-state index in [-0.39, 0.29) is 5.69 Å². The summed E-state index contributed by atoms with van der Waals surface area (Å²) in [7, 11) is 0. The van der Waals surface area contributed by atoms with Crippen LogP contribution in [0.25, 0.3) is 0 Å². The Labute approximate surface area is 96.8 Å². The predicted octanol–water partition coefficient (Wildman–Crippen LogP) is 2.86. The summed E-state index contributed by atoms with van der Waals surface area (Å²) in [5.74, 6) is 0.414. The van der Waals surface area contributed by atoms with E-state index in [1.807, 2.05) is 0 Å². The number of benzene rings is 1. The molecular formula is C11H8ClNO3. The zero-order chi connectivity index (χ0) is 11.5. The largest absolute Gasteiger partial charge is 0.422 e. The second-order valence-electron chi connectivity index (χ2n) is 3.17. The van der Waals surface area contributed by atoms with Gasteiger partial charge in [-0.3, -0.25) is 0 Å². The lowest BCUT2D eigenvalue weighted by Crippen LogP contribution is -2.08. The summed E-state index contributed by atoms with van der Waals surface area (Å²) in [5, 5.41) is 4.13. The number of esters is 1. The molecule has 0 atom stereocenters. The average Bonchev–Trinajstić information content (AvgIpc) is 2.68. The molecule has 0 aliphatic heterocycles. The van der Waals surface area contributed by atoms with E-state index < -0.39 is 5.97 Å². The van der Waals surface area contributed by atoms with Gasteiger partial charge in [0.15, 0.2) is 5.69 Å². The van der Waals surface area contributed by atoms with Crippen LogP contribution in [0.2, 0.25) is 5.02 Å². The van der Waals surface area contributed by atoms with Crippen LogP contribution in [-0.2, 0) is 0 Å². The zero-order valence-corrected chi connectivity index (χ0v) is 9.19. The van der Waals surface area contributed by atoms with Crippen molar-refractivity contribution in [2.24, 2.45) is 0 Å². The second-order valence-corrected chi connectivity index (χ2v) is 3.60. The Balaban J connectivity index is 2.10. The van der Waals surface area contributed by atoms with Crippen molar-refractivity contribution in [3.63, 3.8) is 0 Å². The zero-order valence-electron chi connectivity index (χ0n) is 8.44. The molecule has 0 saturated carbocycles. The van der Waals surface area contributed by atoms with E-state index in [0.29, 0.717) is 16.5 Å². The molecule has 0 aliphatic carbocycles. The first-order valence-electron chi connectivity index (χ1n) is 4.56. The molecule has 1 aromatic heterocycles. The van der Waals surface area contributed by atoms with Crippen LogP contribution in [0, 0.1) is 6.92 Å². The van der Waals surface area contributed by atoms with Gasteiger partial charge < -0.3 is 9.26 Å². The van der Waals surface area contributed by atoms with E-state index in [1.165, 1.54) is 6.07 Å². The van der Waals surface area contributed by atoms with Crippen LogP contribution >= 0.6 is 11.6 Å². The summed E-state index contributed by atoms with van der Waals surface area (Å²) in [6.07, 6.45) is 0. The van der Waals surface area contributed by atoms with Gasteiger partial charge in [0.05, 0.1) is 0 Å². The summed E-state index contributed by atoms with van der Waals surface area (Å²) in [5.41, 5.74) is 0.146. The van der Waals surface area contributed by atoms with Gasteiger partial charge in [0.2, 0.25) is 0 Å². The fourth-order valence-electron chi connectivity index (χ4n) is 1.12. The van der Waals surface area contributed by atoms with Gasteiger partial charge in [0.1, 0.15) is 11.5 Å². The lowest BCUT2D eigenvalue weighted by atomic mass is 10.3.